The summed E-state index contributed by atoms with van der Waals surface area (Å²) >= 11 is 6.15. The first-order chi connectivity index (χ1) is 7.56. The predicted octanol–water partition coefficient (Wildman–Crippen LogP) is 3.33. The summed E-state index contributed by atoms with van der Waals surface area (Å²) in [5.41, 5.74) is 1.88. The van der Waals surface area contributed by atoms with Crippen molar-refractivity contribution in [2.45, 2.75) is 26.2 Å². The highest BCUT2D eigenvalue weighted by molar-refractivity contribution is 6.31. The SMILES string of the molecule is CNCC1(Cc2cc(F)c(C)cc2Cl)CC1. The van der Waals surface area contributed by atoms with E-state index in [0.29, 0.717) is 16.0 Å². The van der Waals surface area contributed by atoms with Crippen LogP contribution in [0.25, 0.3) is 0 Å². The highest BCUT2D eigenvalue weighted by atomic mass is 35.5. The molecule has 0 spiro atoms. The molecule has 0 amide bonds. The summed E-state index contributed by atoms with van der Waals surface area (Å²) < 4.78 is 13.5. The molecule has 3 heteroatoms. The second kappa shape index (κ2) is 4.34. The van der Waals surface area contributed by atoms with E-state index in [0.717, 1.165) is 18.5 Å². The van der Waals surface area contributed by atoms with Crippen LogP contribution >= 0.6 is 11.6 Å². The number of aryl methyl sites for hydroxylation is 1. The van der Waals surface area contributed by atoms with E-state index in [1.807, 2.05) is 7.05 Å². The molecule has 0 unspecified atom stereocenters. The van der Waals surface area contributed by atoms with Gasteiger partial charge in [-0.05, 0) is 61.9 Å². The van der Waals surface area contributed by atoms with Crippen LogP contribution in [0.4, 0.5) is 4.39 Å². The van der Waals surface area contributed by atoms with Crippen LogP contribution in [0.5, 0.6) is 0 Å². The molecule has 1 nitrogen and oxygen atoms in total. The van der Waals surface area contributed by atoms with E-state index in [9.17, 15) is 4.39 Å². The zero-order chi connectivity index (χ0) is 11.8. The van der Waals surface area contributed by atoms with Gasteiger partial charge in [-0.3, -0.25) is 0 Å². The Bertz CT molecular complexity index is 399. The summed E-state index contributed by atoms with van der Waals surface area (Å²) in [6.07, 6.45) is 3.29. The van der Waals surface area contributed by atoms with Crippen LogP contribution in [0.2, 0.25) is 5.02 Å². The standard InChI is InChI=1S/C13H17ClFN/c1-9-5-11(14)10(6-12(9)15)7-13(3-4-13)8-16-2/h5-6,16H,3-4,7-8H2,1-2H3. The van der Waals surface area contributed by atoms with E-state index >= 15 is 0 Å². The second-order valence-electron chi connectivity index (χ2n) is 4.90. The summed E-state index contributed by atoms with van der Waals surface area (Å²) in [6, 6.07) is 3.31. The molecule has 0 saturated heterocycles. The Morgan fingerprint density at radius 1 is 1.44 bits per heavy atom. The molecule has 1 aliphatic carbocycles. The summed E-state index contributed by atoms with van der Waals surface area (Å²) in [5, 5.41) is 3.89. The van der Waals surface area contributed by atoms with Gasteiger partial charge in [0.15, 0.2) is 0 Å². The van der Waals surface area contributed by atoms with Crippen molar-refractivity contribution >= 4 is 11.6 Å². The Hall–Kier alpha value is -0.600. The molecule has 2 rings (SSSR count). The third-order valence-corrected chi connectivity index (χ3v) is 3.75. The van der Waals surface area contributed by atoms with Crippen molar-refractivity contribution < 1.29 is 4.39 Å². The van der Waals surface area contributed by atoms with Crippen LogP contribution in [0.3, 0.4) is 0 Å². The first kappa shape index (κ1) is 11.9. The van der Waals surface area contributed by atoms with Gasteiger partial charge in [0.05, 0.1) is 0 Å². The molecule has 1 fully saturated rings. The van der Waals surface area contributed by atoms with Gasteiger partial charge in [0.2, 0.25) is 0 Å². The van der Waals surface area contributed by atoms with Gasteiger partial charge in [-0.15, -0.1) is 0 Å². The lowest BCUT2D eigenvalue weighted by molar-refractivity contribution is 0.476. The van der Waals surface area contributed by atoms with Crippen molar-refractivity contribution in [2.24, 2.45) is 5.41 Å². The normalized spacial score (nSPS) is 17.5. The lowest BCUT2D eigenvalue weighted by atomic mass is 9.95. The van der Waals surface area contributed by atoms with Gasteiger partial charge < -0.3 is 5.32 Å². The van der Waals surface area contributed by atoms with Crippen LogP contribution in [0.1, 0.15) is 24.0 Å². The molecule has 1 saturated carbocycles. The van der Waals surface area contributed by atoms with E-state index in [-0.39, 0.29) is 5.82 Å². The van der Waals surface area contributed by atoms with Crippen LogP contribution < -0.4 is 5.32 Å². The molecular formula is C13H17ClFN. The molecule has 0 radical (unpaired) electrons. The largest absolute Gasteiger partial charge is 0.319 e. The van der Waals surface area contributed by atoms with Crippen molar-refractivity contribution in [2.75, 3.05) is 13.6 Å². The lowest BCUT2D eigenvalue weighted by Gasteiger charge is -2.16. The third kappa shape index (κ3) is 2.38. The van der Waals surface area contributed by atoms with Gasteiger partial charge in [0, 0.05) is 11.6 Å². The molecule has 0 bridgehead atoms. The average molecular weight is 242 g/mol. The number of hydrogen-bond acceptors (Lipinski definition) is 1. The van der Waals surface area contributed by atoms with Gasteiger partial charge in [-0.2, -0.15) is 0 Å². The minimum Gasteiger partial charge on any atom is -0.319 e. The van der Waals surface area contributed by atoms with E-state index in [1.165, 1.54) is 12.8 Å². The molecule has 0 aromatic heterocycles. The average Bonchev–Trinajstić information content (AvgIpc) is 2.95. The minimum atomic E-state index is -0.153. The van der Waals surface area contributed by atoms with Gasteiger partial charge >= 0.3 is 0 Å². The van der Waals surface area contributed by atoms with Crippen molar-refractivity contribution in [1.29, 1.82) is 0 Å². The van der Waals surface area contributed by atoms with E-state index in [2.05, 4.69) is 5.32 Å². The molecule has 1 aliphatic rings. The van der Waals surface area contributed by atoms with Crippen LogP contribution in [0, 0.1) is 18.2 Å². The summed E-state index contributed by atoms with van der Waals surface area (Å²) in [6.45, 7) is 2.73. The summed E-state index contributed by atoms with van der Waals surface area (Å²) in [5.74, 6) is -0.153. The number of rotatable bonds is 4. The molecule has 16 heavy (non-hydrogen) atoms. The van der Waals surface area contributed by atoms with E-state index in [4.69, 9.17) is 11.6 Å². The fraction of sp³-hybridized carbons (Fsp3) is 0.538. The molecule has 1 N–H and O–H groups in total. The fourth-order valence-electron chi connectivity index (χ4n) is 2.19. The molecule has 0 atom stereocenters. The molecule has 1 aromatic rings. The number of hydrogen-bond donors (Lipinski definition) is 1. The molecule has 1 aromatic carbocycles. The molecule has 0 heterocycles. The Labute approximate surface area is 101 Å². The zero-order valence-corrected chi connectivity index (χ0v) is 10.5. The Morgan fingerprint density at radius 2 is 2.12 bits per heavy atom. The van der Waals surface area contributed by atoms with Crippen LogP contribution in [0.15, 0.2) is 12.1 Å². The van der Waals surface area contributed by atoms with Gasteiger partial charge in [-0.1, -0.05) is 11.6 Å². The maximum absolute atomic E-state index is 13.5. The highest BCUT2D eigenvalue weighted by Gasteiger charge is 2.42. The number of halogens is 2. The summed E-state index contributed by atoms with van der Waals surface area (Å²) in [7, 11) is 1.96. The van der Waals surface area contributed by atoms with Crippen LogP contribution in [-0.2, 0) is 6.42 Å². The smallest absolute Gasteiger partial charge is 0.126 e. The Kier molecular flexibility index (Phi) is 3.22. The van der Waals surface area contributed by atoms with E-state index < -0.39 is 0 Å². The quantitative estimate of drug-likeness (QED) is 0.853. The Balaban J connectivity index is 2.18. The van der Waals surface area contributed by atoms with Gasteiger partial charge in [0.25, 0.3) is 0 Å². The topological polar surface area (TPSA) is 12.0 Å². The maximum atomic E-state index is 13.5. The van der Waals surface area contributed by atoms with Crippen LogP contribution in [-0.4, -0.2) is 13.6 Å². The molecule has 0 aliphatic heterocycles. The predicted molar refractivity (Wildman–Crippen MR) is 65.4 cm³/mol. The maximum Gasteiger partial charge on any atom is 0.126 e. The van der Waals surface area contributed by atoms with Gasteiger partial charge in [-0.25, -0.2) is 4.39 Å². The fourth-order valence-corrected chi connectivity index (χ4v) is 2.48. The zero-order valence-electron chi connectivity index (χ0n) is 9.74. The summed E-state index contributed by atoms with van der Waals surface area (Å²) in [4.78, 5) is 0. The van der Waals surface area contributed by atoms with Crippen molar-refractivity contribution in [3.63, 3.8) is 0 Å². The number of benzene rings is 1. The monoisotopic (exact) mass is 241 g/mol. The van der Waals surface area contributed by atoms with E-state index in [1.54, 1.807) is 19.1 Å². The molecule has 88 valence electrons. The highest BCUT2D eigenvalue weighted by Crippen LogP contribution is 2.48. The van der Waals surface area contributed by atoms with Gasteiger partial charge in [0.1, 0.15) is 5.82 Å². The lowest BCUT2D eigenvalue weighted by Crippen LogP contribution is -2.22. The first-order valence-electron chi connectivity index (χ1n) is 5.65. The van der Waals surface area contributed by atoms with Crippen molar-refractivity contribution in [3.8, 4) is 0 Å². The second-order valence-corrected chi connectivity index (χ2v) is 5.31. The van der Waals surface area contributed by atoms with Crippen molar-refractivity contribution in [1.82, 2.24) is 5.32 Å². The molecular weight excluding hydrogens is 225 g/mol. The van der Waals surface area contributed by atoms with Crippen molar-refractivity contribution in [3.05, 3.63) is 34.1 Å². The number of nitrogens with one attached hydrogen (secondary N) is 1. The Morgan fingerprint density at radius 3 is 2.69 bits per heavy atom. The minimum absolute atomic E-state index is 0.153. The third-order valence-electron chi connectivity index (χ3n) is 3.40. The first-order valence-corrected chi connectivity index (χ1v) is 6.03.